The van der Waals surface area contributed by atoms with Gasteiger partial charge in [0.15, 0.2) is 9.84 Å². The predicted octanol–water partition coefficient (Wildman–Crippen LogP) is 3.12. The number of nitrogens with zero attached hydrogens (tertiary/aromatic N) is 2. The third-order valence-electron chi connectivity index (χ3n) is 4.16. The summed E-state index contributed by atoms with van der Waals surface area (Å²) >= 11 is 0. The SMILES string of the molecule is CCS(=O)(=O)c1cccc(Nc2cc(Nc3ccc(C(=O)NC)cc3)ncn2)c1. The molecule has 1 heterocycles. The molecule has 0 fully saturated rings. The maximum absolute atomic E-state index is 12.1. The van der Waals surface area contributed by atoms with E-state index in [0.29, 0.717) is 22.9 Å². The smallest absolute Gasteiger partial charge is 0.251 e. The molecule has 3 aromatic rings. The Kier molecular flexibility index (Phi) is 6.08. The Labute approximate surface area is 169 Å². The molecule has 0 aliphatic heterocycles. The van der Waals surface area contributed by atoms with Crippen molar-refractivity contribution < 1.29 is 13.2 Å². The van der Waals surface area contributed by atoms with Gasteiger partial charge in [-0.2, -0.15) is 0 Å². The van der Waals surface area contributed by atoms with Gasteiger partial charge in [0.25, 0.3) is 5.91 Å². The van der Waals surface area contributed by atoms with Crippen LogP contribution in [0.4, 0.5) is 23.0 Å². The van der Waals surface area contributed by atoms with Crippen LogP contribution >= 0.6 is 0 Å². The highest BCUT2D eigenvalue weighted by Crippen LogP contribution is 2.22. The van der Waals surface area contributed by atoms with Crippen molar-refractivity contribution in [3.05, 3.63) is 66.5 Å². The lowest BCUT2D eigenvalue weighted by atomic mass is 10.2. The van der Waals surface area contributed by atoms with E-state index in [1.807, 2.05) is 0 Å². The molecule has 29 heavy (non-hydrogen) atoms. The molecular formula is C20H21N5O3S. The van der Waals surface area contributed by atoms with E-state index in [4.69, 9.17) is 0 Å². The first-order valence-corrected chi connectivity index (χ1v) is 10.6. The number of nitrogens with one attached hydrogen (secondary N) is 3. The molecule has 2 aromatic carbocycles. The van der Waals surface area contributed by atoms with E-state index < -0.39 is 9.84 Å². The van der Waals surface area contributed by atoms with Crippen LogP contribution in [0, 0.1) is 0 Å². The summed E-state index contributed by atoms with van der Waals surface area (Å²) in [7, 11) is -1.71. The number of carbonyl (C=O) groups excluding carboxylic acids is 1. The van der Waals surface area contributed by atoms with E-state index in [1.54, 1.807) is 68.6 Å². The zero-order chi connectivity index (χ0) is 20.9. The second-order valence-electron chi connectivity index (χ2n) is 6.13. The van der Waals surface area contributed by atoms with Crippen LogP contribution in [0.15, 0.2) is 65.8 Å². The number of sulfone groups is 1. The van der Waals surface area contributed by atoms with Crippen molar-refractivity contribution in [2.45, 2.75) is 11.8 Å². The number of rotatable bonds is 7. The van der Waals surface area contributed by atoms with E-state index in [1.165, 1.54) is 6.33 Å². The van der Waals surface area contributed by atoms with Crippen molar-refractivity contribution in [2.24, 2.45) is 0 Å². The Morgan fingerprint density at radius 1 is 0.931 bits per heavy atom. The molecule has 3 N–H and O–H groups in total. The molecule has 9 heteroatoms. The lowest BCUT2D eigenvalue weighted by Crippen LogP contribution is -2.17. The van der Waals surface area contributed by atoms with Crippen LogP contribution in [-0.2, 0) is 9.84 Å². The van der Waals surface area contributed by atoms with Crippen molar-refractivity contribution in [2.75, 3.05) is 23.4 Å². The second kappa shape index (κ2) is 8.70. The lowest BCUT2D eigenvalue weighted by molar-refractivity contribution is 0.0963. The maximum Gasteiger partial charge on any atom is 0.251 e. The Morgan fingerprint density at radius 3 is 2.21 bits per heavy atom. The van der Waals surface area contributed by atoms with Gasteiger partial charge >= 0.3 is 0 Å². The highest BCUT2D eigenvalue weighted by Gasteiger charge is 2.12. The summed E-state index contributed by atoms with van der Waals surface area (Å²) in [6, 6.07) is 15.3. The highest BCUT2D eigenvalue weighted by atomic mass is 32.2. The first-order valence-electron chi connectivity index (χ1n) is 8.92. The van der Waals surface area contributed by atoms with Gasteiger partial charge in [-0.15, -0.1) is 0 Å². The fourth-order valence-corrected chi connectivity index (χ4v) is 3.50. The summed E-state index contributed by atoms with van der Waals surface area (Å²) in [5, 5.41) is 8.80. The molecule has 0 radical (unpaired) electrons. The van der Waals surface area contributed by atoms with E-state index >= 15 is 0 Å². The van der Waals surface area contributed by atoms with Gasteiger partial charge in [0.2, 0.25) is 0 Å². The van der Waals surface area contributed by atoms with Gasteiger partial charge in [-0.3, -0.25) is 4.79 Å². The van der Waals surface area contributed by atoms with Crippen molar-refractivity contribution >= 4 is 38.8 Å². The van der Waals surface area contributed by atoms with Gasteiger partial charge in [-0.25, -0.2) is 18.4 Å². The maximum atomic E-state index is 12.1. The Morgan fingerprint density at radius 2 is 1.59 bits per heavy atom. The molecule has 0 aliphatic carbocycles. The summed E-state index contributed by atoms with van der Waals surface area (Å²) in [6.07, 6.45) is 1.40. The van der Waals surface area contributed by atoms with Crippen LogP contribution in [0.25, 0.3) is 0 Å². The van der Waals surface area contributed by atoms with Crippen LogP contribution in [0.2, 0.25) is 0 Å². The molecule has 0 unspecified atom stereocenters. The standard InChI is InChI=1S/C20H21N5O3S/c1-3-29(27,28)17-6-4-5-16(11-17)25-19-12-18(22-13-23-19)24-15-9-7-14(8-10-15)20(26)21-2/h4-13H,3H2,1-2H3,(H,21,26)(H2,22,23,24,25). The summed E-state index contributed by atoms with van der Waals surface area (Å²) in [6.45, 7) is 1.61. The first-order chi connectivity index (χ1) is 13.9. The van der Waals surface area contributed by atoms with Gasteiger partial charge < -0.3 is 16.0 Å². The van der Waals surface area contributed by atoms with E-state index in [0.717, 1.165) is 5.69 Å². The molecule has 0 saturated carbocycles. The molecule has 150 valence electrons. The number of anilines is 4. The van der Waals surface area contributed by atoms with Gasteiger partial charge in [0.1, 0.15) is 18.0 Å². The average molecular weight is 411 g/mol. The molecule has 0 bridgehead atoms. The average Bonchev–Trinajstić information content (AvgIpc) is 2.74. The molecule has 0 aliphatic rings. The van der Waals surface area contributed by atoms with Gasteiger partial charge in [-0.1, -0.05) is 13.0 Å². The van der Waals surface area contributed by atoms with Crippen LogP contribution in [0.3, 0.4) is 0 Å². The molecule has 1 amide bonds. The zero-order valence-electron chi connectivity index (χ0n) is 16.0. The Balaban J connectivity index is 1.75. The van der Waals surface area contributed by atoms with Crippen LogP contribution in [0.5, 0.6) is 0 Å². The van der Waals surface area contributed by atoms with E-state index in [-0.39, 0.29) is 16.6 Å². The van der Waals surface area contributed by atoms with Gasteiger partial charge in [-0.05, 0) is 42.5 Å². The predicted molar refractivity (Wildman–Crippen MR) is 113 cm³/mol. The summed E-state index contributed by atoms with van der Waals surface area (Å²) in [5.74, 6) is 0.942. The molecule has 8 nitrogen and oxygen atoms in total. The van der Waals surface area contributed by atoms with Crippen molar-refractivity contribution in [1.82, 2.24) is 15.3 Å². The number of benzene rings is 2. The summed E-state index contributed by atoms with van der Waals surface area (Å²) in [4.78, 5) is 20.2. The zero-order valence-corrected chi connectivity index (χ0v) is 16.8. The molecular weight excluding hydrogens is 390 g/mol. The third kappa shape index (κ3) is 5.08. The van der Waals surface area contributed by atoms with E-state index in [2.05, 4.69) is 25.9 Å². The minimum absolute atomic E-state index is 0.0384. The molecule has 3 rings (SSSR count). The van der Waals surface area contributed by atoms with Gasteiger partial charge in [0.05, 0.1) is 10.6 Å². The first kappa shape index (κ1) is 20.3. The minimum atomic E-state index is -3.29. The highest BCUT2D eigenvalue weighted by molar-refractivity contribution is 7.91. The summed E-state index contributed by atoms with van der Waals surface area (Å²) in [5.41, 5.74) is 1.93. The number of amides is 1. The Bertz CT molecular complexity index is 1110. The second-order valence-corrected chi connectivity index (χ2v) is 8.40. The van der Waals surface area contributed by atoms with Crippen LogP contribution in [0.1, 0.15) is 17.3 Å². The summed E-state index contributed by atoms with van der Waals surface area (Å²) < 4.78 is 24.1. The fourth-order valence-electron chi connectivity index (χ4n) is 2.57. The topological polar surface area (TPSA) is 113 Å². The number of aromatic nitrogens is 2. The third-order valence-corrected chi connectivity index (χ3v) is 5.89. The number of hydrogen-bond donors (Lipinski definition) is 3. The molecule has 1 aromatic heterocycles. The van der Waals surface area contributed by atoms with Crippen LogP contribution < -0.4 is 16.0 Å². The quantitative estimate of drug-likeness (QED) is 0.547. The normalized spacial score (nSPS) is 11.0. The molecule has 0 atom stereocenters. The fraction of sp³-hybridized carbons (Fsp3) is 0.150. The van der Waals surface area contributed by atoms with Crippen LogP contribution in [-0.4, -0.2) is 37.1 Å². The van der Waals surface area contributed by atoms with E-state index in [9.17, 15) is 13.2 Å². The monoisotopic (exact) mass is 411 g/mol. The molecule has 0 saturated heterocycles. The van der Waals surface area contributed by atoms with Crippen molar-refractivity contribution in [1.29, 1.82) is 0 Å². The minimum Gasteiger partial charge on any atom is -0.355 e. The van der Waals surface area contributed by atoms with Gasteiger partial charge in [0, 0.05) is 30.1 Å². The largest absolute Gasteiger partial charge is 0.355 e. The van der Waals surface area contributed by atoms with Crippen molar-refractivity contribution in [3.63, 3.8) is 0 Å². The number of carbonyl (C=O) groups is 1. The Hall–Kier alpha value is -3.46. The number of hydrogen-bond acceptors (Lipinski definition) is 7. The lowest BCUT2D eigenvalue weighted by Gasteiger charge is -2.10. The molecule has 0 spiro atoms. The van der Waals surface area contributed by atoms with Crippen molar-refractivity contribution in [3.8, 4) is 0 Å².